The molecular weight excluding hydrogens is 374 g/mol. The van der Waals surface area contributed by atoms with Crippen LogP contribution in [0.25, 0.3) is 0 Å². The van der Waals surface area contributed by atoms with Crippen LogP contribution < -0.4 is 5.56 Å². The molecule has 0 N–H and O–H groups in total. The average Bonchev–Trinajstić information content (AvgIpc) is 3.45. The third-order valence-corrected chi connectivity index (χ3v) is 4.84. The minimum Gasteiger partial charge on any atom is -0.329 e. The number of rotatable bonds is 5. The molecule has 7 nitrogen and oxygen atoms in total. The van der Waals surface area contributed by atoms with Crippen LogP contribution in [0, 0.1) is 0 Å². The highest BCUT2D eigenvalue weighted by molar-refractivity contribution is 9.10. The number of carbonyl (C=O) groups excluding carboxylic acids is 1. The van der Waals surface area contributed by atoms with Crippen molar-refractivity contribution in [2.45, 2.75) is 44.3 Å². The Hall–Kier alpha value is -1.96. The first-order valence-corrected chi connectivity index (χ1v) is 8.90. The van der Waals surface area contributed by atoms with E-state index in [4.69, 9.17) is 0 Å². The minimum absolute atomic E-state index is 0.187. The number of aromatic nitrogens is 4. The van der Waals surface area contributed by atoms with Crippen LogP contribution in [0.5, 0.6) is 0 Å². The summed E-state index contributed by atoms with van der Waals surface area (Å²) >= 11 is 3.43. The van der Waals surface area contributed by atoms with Crippen molar-refractivity contribution in [1.29, 1.82) is 0 Å². The molecule has 0 atom stereocenters. The number of pyridine rings is 1. The summed E-state index contributed by atoms with van der Waals surface area (Å²) in [6.45, 7) is 0.382. The number of hydrogen-bond acceptors (Lipinski definition) is 4. The van der Waals surface area contributed by atoms with Gasteiger partial charge in [-0.25, -0.2) is 0 Å². The van der Waals surface area contributed by atoms with Crippen molar-refractivity contribution in [3.63, 3.8) is 0 Å². The molecular formula is C16H18BrN5O2. The van der Waals surface area contributed by atoms with E-state index in [-0.39, 0.29) is 29.1 Å². The molecule has 0 unspecified atom stereocenters. The van der Waals surface area contributed by atoms with Gasteiger partial charge in [0.1, 0.15) is 11.3 Å². The second-order valence-electron chi connectivity index (χ2n) is 6.56. The molecule has 0 spiro atoms. The maximum absolute atomic E-state index is 13.0. The number of carbonyl (C=O) groups is 1. The summed E-state index contributed by atoms with van der Waals surface area (Å²) in [5.74, 6) is -0.219. The summed E-state index contributed by atoms with van der Waals surface area (Å²) in [5.41, 5.74) is 0.762. The average molecular weight is 392 g/mol. The molecule has 8 heteroatoms. The van der Waals surface area contributed by atoms with Crippen LogP contribution in [0.4, 0.5) is 0 Å². The van der Waals surface area contributed by atoms with Gasteiger partial charge in [-0.2, -0.15) is 0 Å². The Balaban J connectivity index is 1.66. The predicted molar refractivity (Wildman–Crippen MR) is 90.6 cm³/mol. The highest BCUT2D eigenvalue weighted by Crippen LogP contribution is 2.34. The lowest BCUT2D eigenvalue weighted by Crippen LogP contribution is -2.37. The molecule has 2 aliphatic rings. The smallest absolute Gasteiger partial charge is 0.263 e. The fraction of sp³-hybridized carbons (Fsp3) is 0.500. The number of halogens is 1. The van der Waals surface area contributed by atoms with Gasteiger partial charge in [0.2, 0.25) is 0 Å². The van der Waals surface area contributed by atoms with E-state index in [1.54, 1.807) is 39.7 Å². The van der Waals surface area contributed by atoms with Crippen molar-refractivity contribution >= 4 is 21.8 Å². The molecule has 1 amide bonds. The molecule has 2 aromatic heterocycles. The molecule has 2 fully saturated rings. The van der Waals surface area contributed by atoms with Gasteiger partial charge in [0.15, 0.2) is 0 Å². The van der Waals surface area contributed by atoms with Crippen molar-refractivity contribution in [3.8, 4) is 0 Å². The minimum atomic E-state index is -0.219. The standard InChI is InChI=1S/C16H18BrN5O2/c1-20-8-11(18-19-20)9-22(13-4-5-13)16(24)14-6-10(17)7-21(15(14)23)12-2-3-12/h6-8,12-13H,2-5,9H2,1H3. The van der Waals surface area contributed by atoms with Crippen molar-refractivity contribution < 1.29 is 4.79 Å². The largest absolute Gasteiger partial charge is 0.329 e. The van der Waals surface area contributed by atoms with Crippen molar-refractivity contribution in [2.75, 3.05) is 0 Å². The molecule has 2 heterocycles. The molecule has 4 rings (SSSR count). The quantitative estimate of drug-likeness (QED) is 0.779. The van der Waals surface area contributed by atoms with Gasteiger partial charge in [0.05, 0.1) is 6.54 Å². The summed E-state index contributed by atoms with van der Waals surface area (Å²) in [7, 11) is 1.79. The maximum atomic E-state index is 13.0. The molecule has 0 bridgehead atoms. The monoisotopic (exact) mass is 391 g/mol. The van der Waals surface area contributed by atoms with Crippen LogP contribution in [0.1, 0.15) is 47.8 Å². The van der Waals surface area contributed by atoms with Crippen molar-refractivity contribution in [3.05, 3.63) is 44.5 Å². The van der Waals surface area contributed by atoms with Gasteiger partial charge in [-0.1, -0.05) is 5.21 Å². The lowest BCUT2D eigenvalue weighted by atomic mass is 10.2. The van der Waals surface area contributed by atoms with Crippen LogP contribution in [0.15, 0.2) is 27.7 Å². The molecule has 0 radical (unpaired) electrons. The van der Waals surface area contributed by atoms with Gasteiger partial charge in [0, 0.05) is 36.0 Å². The number of amides is 1. The Bertz CT molecular complexity index is 850. The summed E-state index contributed by atoms with van der Waals surface area (Å²) in [5, 5.41) is 7.98. The molecule has 0 saturated heterocycles. The molecule has 2 aliphatic carbocycles. The Morgan fingerprint density at radius 1 is 1.33 bits per heavy atom. The van der Waals surface area contributed by atoms with Gasteiger partial charge in [-0.05, 0) is 47.7 Å². The van der Waals surface area contributed by atoms with Crippen LogP contribution in [-0.2, 0) is 13.6 Å². The van der Waals surface area contributed by atoms with Crippen molar-refractivity contribution in [2.24, 2.45) is 7.05 Å². The molecule has 126 valence electrons. The van der Waals surface area contributed by atoms with Gasteiger partial charge in [-0.3, -0.25) is 14.3 Å². The molecule has 0 aliphatic heterocycles. The van der Waals surface area contributed by atoms with E-state index >= 15 is 0 Å². The number of aryl methyl sites for hydroxylation is 1. The van der Waals surface area contributed by atoms with E-state index in [0.29, 0.717) is 6.54 Å². The van der Waals surface area contributed by atoms with E-state index in [1.807, 2.05) is 0 Å². The molecule has 0 aromatic carbocycles. The second kappa shape index (κ2) is 5.84. The highest BCUT2D eigenvalue weighted by atomic mass is 79.9. The SMILES string of the molecule is Cn1cc(CN(C(=O)c2cc(Br)cn(C3CC3)c2=O)C2CC2)nn1. The third kappa shape index (κ3) is 3.02. The summed E-state index contributed by atoms with van der Waals surface area (Å²) in [6.07, 6.45) is 7.51. The Morgan fingerprint density at radius 3 is 2.67 bits per heavy atom. The molecule has 24 heavy (non-hydrogen) atoms. The lowest BCUT2D eigenvalue weighted by Gasteiger charge is -2.21. The predicted octanol–water partition coefficient (Wildman–Crippen LogP) is 1.88. The van der Waals surface area contributed by atoms with Gasteiger partial charge in [0.25, 0.3) is 11.5 Å². The van der Waals surface area contributed by atoms with E-state index in [2.05, 4.69) is 26.2 Å². The first-order chi connectivity index (χ1) is 11.5. The van der Waals surface area contributed by atoms with Gasteiger partial charge >= 0.3 is 0 Å². The summed E-state index contributed by atoms with van der Waals surface area (Å²) in [6, 6.07) is 2.05. The fourth-order valence-corrected chi connectivity index (χ4v) is 3.34. The zero-order chi connectivity index (χ0) is 16.8. The van der Waals surface area contributed by atoms with E-state index in [1.165, 1.54) is 0 Å². The summed E-state index contributed by atoms with van der Waals surface area (Å²) in [4.78, 5) is 27.5. The van der Waals surface area contributed by atoms with Crippen LogP contribution in [0.2, 0.25) is 0 Å². The summed E-state index contributed by atoms with van der Waals surface area (Å²) < 4.78 is 4.06. The van der Waals surface area contributed by atoms with E-state index < -0.39 is 0 Å². The normalized spacial score (nSPS) is 17.1. The van der Waals surface area contributed by atoms with E-state index in [0.717, 1.165) is 35.8 Å². The fourth-order valence-electron chi connectivity index (χ4n) is 2.89. The van der Waals surface area contributed by atoms with Crippen molar-refractivity contribution in [1.82, 2.24) is 24.5 Å². The number of hydrogen-bond donors (Lipinski definition) is 0. The third-order valence-electron chi connectivity index (χ3n) is 4.41. The lowest BCUT2D eigenvalue weighted by molar-refractivity contribution is 0.0725. The van der Waals surface area contributed by atoms with Gasteiger partial charge in [-0.15, -0.1) is 5.10 Å². The Morgan fingerprint density at radius 2 is 2.08 bits per heavy atom. The number of nitrogens with zero attached hydrogens (tertiary/aromatic N) is 5. The van der Waals surface area contributed by atoms with Gasteiger partial charge < -0.3 is 9.47 Å². The molecule has 2 aromatic rings. The highest BCUT2D eigenvalue weighted by Gasteiger charge is 2.35. The molecule has 2 saturated carbocycles. The topological polar surface area (TPSA) is 73.0 Å². The Kier molecular flexibility index (Phi) is 3.79. The second-order valence-corrected chi connectivity index (χ2v) is 7.48. The van der Waals surface area contributed by atoms with Crippen LogP contribution >= 0.6 is 15.9 Å². The van der Waals surface area contributed by atoms with E-state index in [9.17, 15) is 9.59 Å². The first-order valence-electron chi connectivity index (χ1n) is 8.11. The zero-order valence-electron chi connectivity index (χ0n) is 13.4. The first kappa shape index (κ1) is 15.6. The van der Waals surface area contributed by atoms with Crippen LogP contribution in [0.3, 0.4) is 0 Å². The zero-order valence-corrected chi connectivity index (χ0v) is 14.9. The Labute approximate surface area is 147 Å². The van der Waals surface area contributed by atoms with Crippen LogP contribution in [-0.4, -0.2) is 36.4 Å². The maximum Gasteiger partial charge on any atom is 0.263 e.